The zero-order valence-electron chi connectivity index (χ0n) is 14.3. The maximum absolute atomic E-state index is 12.4. The fourth-order valence-electron chi connectivity index (χ4n) is 2.43. The maximum Gasteiger partial charge on any atom is 0.275 e. The van der Waals surface area contributed by atoms with Crippen molar-refractivity contribution < 1.29 is 13.2 Å². The van der Waals surface area contributed by atoms with Crippen molar-refractivity contribution in [2.24, 2.45) is 10.7 Å². The van der Waals surface area contributed by atoms with E-state index in [1.807, 2.05) is 0 Å². The number of nitrogens with one attached hydrogen (secondary N) is 2. The van der Waals surface area contributed by atoms with Crippen molar-refractivity contribution in [2.75, 3.05) is 18.4 Å². The van der Waals surface area contributed by atoms with Crippen molar-refractivity contribution in [3.05, 3.63) is 40.3 Å². The van der Waals surface area contributed by atoms with E-state index in [-0.39, 0.29) is 23.0 Å². The number of rotatable bonds is 6. The van der Waals surface area contributed by atoms with Gasteiger partial charge in [-0.05, 0) is 31.2 Å². The highest BCUT2D eigenvalue weighted by molar-refractivity contribution is 7.90. The molecule has 0 radical (unpaired) electrons. The van der Waals surface area contributed by atoms with Gasteiger partial charge in [0.25, 0.3) is 15.9 Å². The molecular formula is C16H20ClN5O3S2. The van der Waals surface area contributed by atoms with E-state index >= 15 is 0 Å². The number of anilines is 1. The quantitative estimate of drug-likeness (QED) is 0.645. The number of halogens is 1. The highest BCUT2D eigenvalue weighted by Crippen LogP contribution is 2.18. The molecule has 0 bridgehead atoms. The Morgan fingerprint density at radius 2 is 2.15 bits per heavy atom. The van der Waals surface area contributed by atoms with Gasteiger partial charge in [0, 0.05) is 30.5 Å². The summed E-state index contributed by atoms with van der Waals surface area (Å²) in [6.07, 6.45) is 2.07. The van der Waals surface area contributed by atoms with Crippen LogP contribution in [0.2, 0.25) is 0 Å². The van der Waals surface area contributed by atoms with Crippen LogP contribution < -0.4 is 15.8 Å². The van der Waals surface area contributed by atoms with E-state index in [0.717, 1.165) is 11.4 Å². The van der Waals surface area contributed by atoms with E-state index < -0.39 is 15.9 Å². The van der Waals surface area contributed by atoms with E-state index in [1.54, 1.807) is 17.5 Å². The Morgan fingerprint density at radius 3 is 2.85 bits per heavy atom. The van der Waals surface area contributed by atoms with Gasteiger partial charge in [-0.1, -0.05) is 6.07 Å². The number of carbonyl (C=O) groups excluding carboxylic acids is 1. The summed E-state index contributed by atoms with van der Waals surface area (Å²) < 4.78 is 27.4. The first-order chi connectivity index (χ1) is 12.5. The number of hydrogen-bond donors (Lipinski definition) is 3. The van der Waals surface area contributed by atoms with Crippen molar-refractivity contribution in [1.82, 2.24) is 9.71 Å². The van der Waals surface area contributed by atoms with Gasteiger partial charge in [-0.15, -0.1) is 23.7 Å². The molecule has 3 rings (SSSR count). The molecule has 0 aliphatic carbocycles. The first-order valence-corrected chi connectivity index (χ1v) is 10.5. The molecule has 0 atom stereocenters. The Balaban J connectivity index is 0.00000261. The normalized spacial score (nSPS) is 13.6. The number of thiazole rings is 1. The lowest BCUT2D eigenvalue weighted by molar-refractivity contribution is 0.102. The lowest BCUT2D eigenvalue weighted by Gasteiger charge is -2.09. The number of sulfonamides is 1. The average Bonchev–Trinajstić information content (AvgIpc) is 3.27. The monoisotopic (exact) mass is 429 g/mol. The smallest absolute Gasteiger partial charge is 0.275 e. The minimum absolute atomic E-state index is 0. The second kappa shape index (κ2) is 9.27. The van der Waals surface area contributed by atoms with Gasteiger partial charge in [0.2, 0.25) is 0 Å². The molecule has 0 saturated carbocycles. The largest absolute Gasteiger partial charge is 0.330 e. The summed E-state index contributed by atoms with van der Waals surface area (Å²) in [5.74, 6) is 0.0709. The first kappa shape index (κ1) is 21.3. The Labute approximate surface area is 167 Å². The zero-order valence-corrected chi connectivity index (χ0v) is 16.8. The molecular weight excluding hydrogens is 410 g/mol. The van der Waals surface area contributed by atoms with Crippen LogP contribution in [0.1, 0.15) is 28.3 Å². The van der Waals surface area contributed by atoms with Crippen molar-refractivity contribution in [3.63, 3.8) is 0 Å². The minimum atomic E-state index is -3.73. The summed E-state index contributed by atoms with van der Waals surface area (Å²) >= 11 is 1.37. The van der Waals surface area contributed by atoms with Crippen LogP contribution in [-0.2, 0) is 16.4 Å². The number of nitrogens with zero attached hydrogens (tertiary/aromatic N) is 2. The molecule has 2 aromatic rings. The summed E-state index contributed by atoms with van der Waals surface area (Å²) in [4.78, 5) is 20.7. The van der Waals surface area contributed by atoms with Crippen molar-refractivity contribution in [1.29, 1.82) is 0 Å². The van der Waals surface area contributed by atoms with Gasteiger partial charge in [-0.25, -0.2) is 13.4 Å². The summed E-state index contributed by atoms with van der Waals surface area (Å²) in [6.45, 7) is 1.10. The van der Waals surface area contributed by atoms with E-state index in [2.05, 4.69) is 20.0 Å². The maximum atomic E-state index is 12.4. The van der Waals surface area contributed by atoms with Gasteiger partial charge < -0.3 is 11.1 Å². The average molecular weight is 430 g/mol. The Hall–Kier alpha value is -2.01. The number of aromatic nitrogens is 1. The molecule has 0 unspecified atom stereocenters. The van der Waals surface area contributed by atoms with Gasteiger partial charge in [-0.3, -0.25) is 14.5 Å². The highest BCUT2D eigenvalue weighted by Gasteiger charge is 2.19. The Morgan fingerprint density at radius 1 is 1.33 bits per heavy atom. The molecule has 1 aliphatic heterocycles. The number of amides is 1. The number of carbonyl (C=O) groups is 1. The number of aliphatic imine (C=N–C) groups is 1. The molecule has 1 aromatic heterocycles. The molecule has 1 aromatic carbocycles. The summed E-state index contributed by atoms with van der Waals surface area (Å²) in [5.41, 5.74) is 6.14. The van der Waals surface area contributed by atoms with Crippen LogP contribution in [0.4, 0.5) is 5.69 Å². The van der Waals surface area contributed by atoms with E-state index in [0.29, 0.717) is 37.5 Å². The van der Waals surface area contributed by atoms with Gasteiger partial charge in [0.15, 0.2) is 0 Å². The van der Waals surface area contributed by atoms with Crippen LogP contribution >= 0.6 is 23.7 Å². The Bertz CT molecular complexity index is 943. The minimum Gasteiger partial charge on any atom is -0.330 e. The third kappa shape index (κ3) is 5.48. The van der Waals surface area contributed by atoms with Crippen molar-refractivity contribution in [3.8, 4) is 0 Å². The molecule has 0 fully saturated rings. The van der Waals surface area contributed by atoms with Gasteiger partial charge in [0.1, 0.15) is 11.5 Å². The molecule has 1 aliphatic rings. The van der Waals surface area contributed by atoms with E-state index in [9.17, 15) is 13.2 Å². The highest BCUT2D eigenvalue weighted by atomic mass is 35.5. The predicted octanol–water partition coefficient (Wildman–Crippen LogP) is 1.79. The second-order valence-electron chi connectivity index (χ2n) is 5.68. The molecule has 11 heteroatoms. The summed E-state index contributed by atoms with van der Waals surface area (Å²) in [5, 5.41) is 5.11. The number of hydrogen-bond acceptors (Lipinski definition) is 7. The lowest BCUT2D eigenvalue weighted by Crippen LogP contribution is -2.29. The number of amidine groups is 1. The van der Waals surface area contributed by atoms with Crippen LogP contribution in [0.25, 0.3) is 0 Å². The zero-order chi connectivity index (χ0) is 18.6. The lowest BCUT2D eigenvalue weighted by atomic mass is 10.3. The molecule has 146 valence electrons. The number of nitrogens with two attached hydrogens (primary N) is 1. The molecule has 0 saturated heterocycles. The van der Waals surface area contributed by atoms with Gasteiger partial charge in [0.05, 0.1) is 9.90 Å². The second-order valence-corrected chi connectivity index (χ2v) is 8.31. The third-order valence-corrected chi connectivity index (χ3v) is 5.96. The van der Waals surface area contributed by atoms with Crippen LogP contribution in [0.3, 0.4) is 0 Å². The fraction of sp³-hybridized carbons (Fsp3) is 0.312. The van der Waals surface area contributed by atoms with Crippen LogP contribution in [0, 0.1) is 0 Å². The standard InChI is InChI=1S/C16H19N5O3S2.ClH/c17-7-6-15-20-13(10-25-15)16(22)19-11-3-1-4-12(9-11)26(23,24)21-14-5-2-8-18-14;/h1,3-4,9-10H,2,5-8,17H2,(H,18,21)(H,19,22);1H. The molecule has 27 heavy (non-hydrogen) atoms. The fourth-order valence-corrected chi connectivity index (χ4v) is 4.36. The van der Waals surface area contributed by atoms with Gasteiger partial charge in [-0.2, -0.15) is 0 Å². The summed E-state index contributed by atoms with van der Waals surface area (Å²) in [7, 11) is -3.73. The molecule has 0 spiro atoms. The molecule has 8 nitrogen and oxygen atoms in total. The van der Waals surface area contributed by atoms with Crippen molar-refractivity contribution >= 4 is 51.2 Å². The van der Waals surface area contributed by atoms with E-state index in [4.69, 9.17) is 5.73 Å². The third-order valence-electron chi connectivity index (χ3n) is 3.67. The Kier molecular flexibility index (Phi) is 7.31. The SMILES string of the molecule is Cl.NCCc1nc(C(=O)Nc2cccc(S(=O)(=O)NC3=NCCC3)c2)cs1. The van der Waals surface area contributed by atoms with Gasteiger partial charge >= 0.3 is 0 Å². The van der Waals surface area contributed by atoms with E-state index in [1.165, 1.54) is 23.5 Å². The van der Waals surface area contributed by atoms with Crippen molar-refractivity contribution in [2.45, 2.75) is 24.2 Å². The number of benzene rings is 1. The van der Waals surface area contributed by atoms with Crippen LogP contribution in [0.15, 0.2) is 39.5 Å². The first-order valence-electron chi connectivity index (χ1n) is 8.10. The summed E-state index contributed by atoms with van der Waals surface area (Å²) in [6, 6.07) is 6.07. The molecule has 1 amide bonds. The molecule has 4 N–H and O–H groups in total. The van der Waals surface area contributed by atoms with Crippen LogP contribution in [0.5, 0.6) is 0 Å². The van der Waals surface area contributed by atoms with Crippen LogP contribution in [-0.4, -0.2) is 38.2 Å². The predicted molar refractivity (Wildman–Crippen MR) is 108 cm³/mol. The topological polar surface area (TPSA) is 127 Å². The molecule has 2 heterocycles.